The number of amides is 1. The molecule has 1 aliphatic rings. The number of thiophene rings is 1. The normalized spacial score (nSPS) is 16.0. The van der Waals surface area contributed by atoms with Crippen molar-refractivity contribution in [1.82, 2.24) is 5.32 Å². The Morgan fingerprint density at radius 2 is 2.10 bits per heavy atom. The summed E-state index contributed by atoms with van der Waals surface area (Å²) in [4.78, 5) is 12.1. The van der Waals surface area contributed by atoms with E-state index in [1.165, 1.54) is 11.3 Å². The van der Waals surface area contributed by atoms with Gasteiger partial charge in [0, 0.05) is 17.7 Å². The first-order valence-electron chi connectivity index (χ1n) is 6.60. The van der Waals surface area contributed by atoms with Gasteiger partial charge in [0.1, 0.15) is 10.4 Å². The number of halogens is 2. The highest BCUT2D eigenvalue weighted by atomic mass is 35.5. The molecule has 0 aliphatic carbocycles. The average Bonchev–Trinajstić information content (AvgIpc) is 2.69. The number of benzene rings is 1. The van der Waals surface area contributed by atoms with Crippen LogP contribution >= 0.6 is 34.5 Å². The molecule has 1 aliphatic heterocycles. The van der Waals surface area contributed by atoms with Crippen LogP contribution in [0.1, 0.15) is 39.6 Å². The Morgan fingerprint density at radius 3 is 2.81 bits per heavy atom. The van der Waals surface area contributed by atoms with Crippen LogP contribution in [0.4, 0.5) is 0 Å². The monoisotopic (exact) mass is 341 g/mol. The number of aliphatic hydroxyl groups excluding tert-OH is 1. The number of hydrogen-bond donors (Lipinski definition) is 2. The van der Waals surface area contributed by atoms with Crippen molar-refractivity contribution in [3.63, 3.8) is 0 Å². The van der Waals surface area contributed by atoms with Gasteiger partial charge in [-0.3, -0.25) is 4.79 Å². The second-order valence-corrected chi connectivity index (χ2v) is 7.24. The Morgan fingerprint density at radius 1 is 1.29 bits per heavy atom. The molecule has 1 aromatic carbocycles. The molecule has 2 aromatic rings. The van der Waals surface area contributed by atoms with Gasteiger partial charge in [0.05, 0.1) is 4.34 Å². The summed E-state index contributed by atoms with van der Waals surface area (Å²) >= 11 is 13.2. The lowest BCUT2D eigenvalue weighted by molar-refractivity contribution is 0.0956. The number of aryl methyl sites for hydroxylation is 1. The highest BCUT2D eigenvalue weighted by molar-refractivity contribution is 7.20. The fraction of sp³-hybridized carbons (Fsp3) is 0.267. The molecule has 3 rings (SSSR count). The van der Waals surface area contributed by atoms with Gasteiger partial charge in [0.15, 0.2) is 0 Å². The van der Waals surface area contributed by atoms with E-state index in [-0.39, 0.29) is 5.91 Å². The predicted molar refractivity (Wildman–Crippen MR) is 85.5 cm³/mol. The summed E-state index contributed by atoms with van der Waals surface area (Å²) in [6.07, 6.45) is 0.893. The van der Waals surface area contributed by atoms with E-state index in [1.807, 2.05) is 12.1 Å². The zero-order valence-corrected chi connectivity index (χ0v) is 13.4. The lowest BCUT2D eigenvalue weighted by Gasteiger charge is -2.13. The first kappa shape index (κ1) is 14.9. The molecule has 0 spiro atoms. The molecule has 0 saturated carbocycles. The molecule has 3 nitrogen and oxygen atoms in total. The number of carbonyl (C=O) groups is 1. The molecular formula is C15H13Cl2NO2S. The summed E-state index contributed by atoms with van der Waals surface area (Å²) in [6.45, 7) is 0.678. The number of rotatable bonds is 2. The van der Waals surface area contributed by atoms with Crippen molar-refractivity contribution < 1.29 is 9.90 Å². The van der Waals surface area contributed by atoms with Crippen LogP contribution in [0.15, 0.2) is 24.3 Å². The maximum absolute atomic E-state index is 12.1. The maximum Gasteiger partial charge on any atom is 0.251 e. The van der Waals surface area contributed by atoms with Crippen LogP contribution in [0.25, 0.3) is 0 Å². The molecule has 1 unspecified atom stereocenters. The van der Waals surface area contributed by atoms with Crippen LogP contribution in [0.2, 0.25) is 8.67 Å². The second kappa shape index (κ2) is 5.97. The number of nitrogens with one attached hydrogen (secondary N) is 1. The summed E-state index contributed by atoms with van der Waals surface area (Å²) < 4.78 is 0.994. The van der Waals surface area contributed by atoms with Gasteiger partial charge < -0.3 is 10.4 Å². The van der Waals surface area contributed by atoms with E-state index in [4.69, 9.17) is 23.2 Å². The SMILES string of the molecule is O=C1NCCCc2ccc(C(O)c3cc(Cl)sc3Cl)cc21. The van der Waals surface area contributed by atoms with E-state index in [0.29, 0.717) is 31.9 Å². The fourth-order valence-electron chi connectivity index (χ4n) is 2.49. The third-order valence-corrected chi connectivity index (χ3v) is 5.10. The van der Waals surface area contributed by atoms with E-state index in [2.05, 4.69) is 5.32 Å². The zero-order valence-electron chi connectivity index (χ0n) is 11.0. The van der Waals surface area contributed by atoms with Gasteiger partial charge in [0.2, 0.25) is 0 Å². The summed E-state index contributed by atoms with van der Waals surface area (Å²) in [5, 5.41) is 13.3. The first-order valence-corrected chi connectivity index (χ1v) is 8.17. The molecule has 0 saturated heterocycles. The van der Waals surface area contributed by atoms with E-state index in [1.54, 1.807) is 12.1 Å². The Hall–Kier alpha value is -1.07. The molecule has 0 bridgehead atoms. The quantitative estimate of drug-likeness (QED) is 0.872. The van der Waals surface area contributed by atoms with Crippen LogP contribution in [0, 0.1) is 0 Å². The summed E-state index contributed by atoms with van der Waals surface area (Å²) in [7, 11) is 0. The molecular weight excluding hydrogens is 329 g/mol. The molecule has 110 valence electrons. The Labute approximate surface area is 136 Å². The van der Waals surface area contributed by atoms with Crippen molar-refractivity contribution in [1.29, 1.82) is 0 Å². The van der Waals surface area contributed by atoms with Crippen molar-refractivity contribution in [2.45, 2.75) is 18.9 Å². The van der Waals surface area contributed by atoms with Gasteiger partial charge in [-0.1, -0.05) is 35.3 Å². The van der Waals surface area contributed by atoms with E-state index in [9.17, 15) is 9.90 Å². The third kappa shape index (κ3) is 2.94. The summed E-state index contributed by atoms with van der Waals surface area (Å²) in [5.41, 5.74) is 2.85. The van der Waals surface area contributed by atoms with Gasteiger partial charge in [-0.15, -0.1) is 11.3 Å². The molecule has 2 heterocycles. The van der Waals surface area contributed by atoms with Gasteiger partial charge in [-0.2, -0.15) is 0 Å². The van der Waals surface area contributed by atoms with Crippen molar-refractivity contribution in [2.75, 3.05) is 6.54 Å². The molecule has 6 heteroatoms. The van der Waals surface area contributed by atoms with Gasteiger partial charge in [0.25, 0.3) is 5.91 Å². The van der Waals surface area contributed by atoms with Gasteiger partial charge >= 0.3 is 0 Å². The van der Waals surface area contributed by atoms with Crippen LogP contribution in [-0.2, 0) is 6.42 Å². The van der Waals surface area contributed by atoms with Crippen molar-refractivity contribution in [2.24, 2.45) is 0 Å². The van der Waals surface area contributed by atoms with E-state index < -0.39 is 6.10 Å². The average molecular weight is 342 g/mol. The maximum atomic E-state index is 12.1. The first-order chi connectivity index (χ1) is 10.1. The lowest BCUT2D eigenvalue weighted by Crippen LogP contribution is -2.22. The van der Waals surface area contributed by atoms with Crippen LogP contribution in [-0.4, -0.2) is 17.6 Å². The van der Waals surface area contributed by atoms with Crippen LogP contribution in [0.5, 0.6) is 0 Å². The number of aliphatic hydroxyl groups is 1. The Balaban J connectivity index is 2.00. The van der Waals surface area contributed by atoms with Gasteiger partial charge in [-0.25, -0.2) is 0 Å². The highest BCUT2D eigenvalue weighted by Gasteiger charge is 2.21. The number of hydrogen-bond acceptors (Lipinski definition) is 3. The summed E-state index contributed by atoms with van der Waals surface area (Å²) in [6, 6.07) is 7.14. The summed E-state index contributed by atoms with van der Waals surface area (Å²) in [5.74, 6) is -0.0917. The molecule has 1 amide bonds. The fourth-order valence-corrected chi connectivity index (χ4v) is 4.01. The number of fused-ring (bicyclic) bond motifs is 1. The van der Waals surface area contributed by atoms with Crippen LogP contribution < -0.4 is 5.32 Å². The van der Waals surface area contributed by atoms with E-state index in [0.717, 1.165) is 18.4 Å². The molecule has 0 fully saturated rings. The van der Waals surface area contributed by atoms with Crippen LogP contribution in [0.3, 0.4) is 0 Å². The molecule has 0 radical (unpaired) electrons. The van der Waals surface area contributed by atoms with Gasteiger partial charge in [-0.05, 0) is 36.1 Å². The minimum atomic E-state index is -0.886. The van der Waals surface area contributed by atoms with Crippen molar-refractivity contribution in [3.05, 3.63) is 55.2 Å². The minimum absolute atomic E-state index is 0.0917. The highest BCUT2D eigenvalue weighted by Crippen LogP contribution is 2.37. The number of carbonyl (C=O) groups excluding carboxylic acids is 1. The molecule has 2 N–H and O–H groups in total. The molecule has 1 atom stereocenters. The standard InChI is InChI=1S/C15H13Cl2NO2S/c16-12-7-11(14(17)21-12)13(19)9-4-3-8-2-1-5-18-15(20)10(8)6-9/h3-4,6-7,13,19H,1-2,5H2,(H,18,20). The second-order valence-electron chi connectivity index (χ2n) is 4.96. The van der Waals surface area contributed by atoms with Crippen molar-refractivity contribution in [3.8, 4) is 0 Å². The third-order valence-electron chi connectivity index (χ3n) is 3.58. The van der Waals surface area contributed by atoms with E-state index >= 15 is 0 Å². The van der Waals surface area contributed by atoms with Crippen molar-refractivity contribution >= 4 is 40.4 Å². The Bertz CT molecular complexity index is 699. The lowest BCUT2D eigenvalue weighted by atomic mass is 9.96. The smallest absolute Gasteiger partial charge is 0.251 e. The zero-order chi connectivity index (χ0) is 15.0. The predicted octanol–water partition coefficient (Wildman–Crippen LogP) is 3.81. The topological polar surface area (TPSA) is 49.3 Å². The minimum Gasteiger partial charge on any atom is -0.384 e. The largest absolute Gasteiger partial charge is 0.384 e. The molecule has 21 heavy (non-hydrogen) atoms. The Kier molecular flexibility index (Phi) is 4.22. The molecule has 1 aromatic heterocycles.